The molecule has 2 heterocycles. The maximum absolute atomic E-state index is 13.1. The topological polar surface area (TPSA) is 65.1 Å². The number of piperazine rings is 1. The summed E-state index contributed by atoms with van der Waals surface area (Å²) in [5, 5.41) is 3.04. The van der Waals surface area contributed by atoms with Gasteiger partial charge in [-0.2, -0.15) is 0 Å². The molecule has 0 bridgehead atoms. The number of hydrogen-bond acceptors (Lipinski definition) is 5. The number of imide groups is 1. The van der Waals surface area contributed by atoms with E-state index in [2.05, 4.69) is 34.2 Å². The summed E-state index contributed by atoms with van der Waals surface area (Å²) in [5.74, 6) is 1.03. The zero-order chi connectivity index (χ0) is 19.7. The molecule has 1 saturated carbocycles. The van der Waals surface area contributed by atoms with Gasteiger partial charge < -0.3 is 15.0 Å². The van der Waals surface area contributed by atoms with E-state index in [0.29, 0.717) is 6.67 Å². The second-order valence-corrected chi connectivity index (χ2v) is 8.23. The van der Waals surface area contributed by atoms with E-state index in [1.165, 1.54) is 10.6 Å². The maximum atomic E-state index is 13.1. The Kier molecular flexibility index (Phi) is 5.19. The van der Waals surface area contributed by atoms with Crippen LogP contribution in [0.3, 0.4) is 0 Å². The molecule has 0 unspecified atom stereocenters. The number of hydrogen-bond donors (Lipinski definition) is 1. The first-order chi connectivity index (χ1) is 13.5. The summed E-state index contributed by atoms with van der Waals surface area (Å²) in [5.41, 5.74) is 0.505. The zero-order valence-electron chi connectivity index (χ0n) is 16.8. The first-order valence-electron chi connectivity index (χ1n) is 10.3. The minimum atomic E-state index is -0.666. The number of amides is 3. The summed E-state index contributed by atoms with van der Waals surface area (Å²) in [6, 6.07) is 7.86. The van der Waals surface area contributed by atoms with Gasteiger partial charge in [0.2, 0.25) is 0 Å². The van der Waals surface area contributed by atoms with Crippen LogP contribution >= 0.6 is 0 Å². The number of ether oxygens (including phenoxy) is 1. The second-order valence-electron chi connectivity index (χ2n) is 8.23. The van der Waals surface area contributed by atoms with E-state index in [4.69, 9.17) is 4.74 Å². The van der Waals surface area contributed by atoms with Gasteiger partial charge in [0.1, 0.15) is 11.3 Å². The van der Waals surface area contributed by atoms with Crippen LogP contribution in [0.5, 0.6) is 5.75 Å². The summed E-state index contributed by atoms with van der Waals surface area (Å²) in [6.45, 7) is 5.87. The zero-order valence-corrected chi connectivity index (χ0v) is 16.8. The summed E-state index contributed by atoms with van der Waals surface area (Å²) in [6.07, 6.45) is 3.91. The molecule has 0 aromatic heterocycles. The Labute approximate surface area is 166 Å². The van der Waals surface area contributed by atoms with Gasteiger partial charge in [0, 0.05) is 31.9 Å². The first kappa shape index (κ1) is 19.1. The largest absolute Gasteiger partial charge is 0.497 e. The predicted molar refractivity (Wildman–Crippen MR) is 107 cm³/mol. The standard InChI is InChI=1S/C21H30N4O3/c1-16-5-3-4-10-21(16)19(26)25(20(27)22-21)15-23-11-13-24(14-12-23)17-6-8-18(28-2)9-7-17/h6-9,16H,3-5,10-15H2,1-2H3,(H,22,27)/t16-,21+/m1/s1. The number of nitrogens with one attached hydrogen (secondary N) is 1. The third kappa shape index (κ3) is 3.32. The second kappa shape index (κ2) is 7.62. The van der Waals surface area contributed by atoms with Gasteiger partial charge in [0.05, 0.1) is 13.8 Å². The van der Waals surface area contributed by atoms with Crippen LogP contribution in [0.2, 0.25) is 0 Å². The lowest BCUT2D eigenvalue weighted by Gasteiger charge is -2.38. The van der Waals surface area contributed by atoms with Gasteiger partial charge in [-0.05, 0) is 43.0 Å². The molecule has 1 aliphatic carbocycles. The van der Waals surface area contributed by atoms with E-state index in [0.717, 1.165) is 57.6 Å². The lowest BCUT2D eigenvalue weighted by molar-refractivity contribution is -0.135. The van der Waals surface area contributed by atoms with Crippen LogP contribution in [-0.2, 0) is 4.79 Å². The third-order valence-electron chi connectivity index (χ3n) is 6.65. The number of rotatable bonds is 4. The van der Waals surface area contributed by atoms with Crippen LogP contribution < -0.4 is 15.0 Å². The van der Waals surface area contributed by atoms with E-state index < -0.39 is 5.54 Å². The van der Waals surface area contributed by atoms with Crippen molar-refractivity contribution in [3.8, 4) is 5.75 Å². The molecule has 1 aromatic carbocycles. The number of carbonyl (C=O) groups excluding carboxylic acids is 2. The number of methoxy groups -OCH3 is 1. The Balaban J connectivity index is 1.35. The molecule has 1 N–H and O–H groups in total. The Hall–Kier alpha value is -2.28. The highest BCUT2D eigenvalue weighted by atomic mass is 16.5. The monoisotopic (exact) mass is 386 g/mol. The molecule has 28 heavy (non-hydrogen) atoms. The van der Waals surface area contributed by atoms with Crippen LogP contribution in [0.4, 0.5) is 10.5 Å². The van der Waals surface area contributed by atoms with Gasteiger partial charge in [0.25, 0.3) is 5.91 Å². The summed E-state index contributed by atoms with van der Waals surface area (Å²) < 4.78 is 5.22. The van der Waals surface area contributed by atoms with Crippen molar-refractivity contribution in [2.45, 2.75) is 38.1 Å². The Morgan fingerprint density at radius 3 is 2.46 bits per heavy atom. The minimum absolute atomic E-state index is 0.0257. The number of anilines is 1. The summed E-state index contributed by atoms with van der Waals surface area (Å²) in [4.78, 5) is 31.6. The Bertz CT molecular complexity index is 730. The molecule has 1 spiro atoms. The quantitative estimate of drug-likeness (QED) is 0.805. The van der Waals surface area contributed by atoms with Crippen molar-refractivity contribution in [3.05, 3.63) is 24.3 Å². The highest BCUT2D eigenvalue weighted by molar-refractivity contribution is 6.07. The van der Waals surface area contributed by atoms with Gasteiger partial charge in [-0.25, -0.2) is 9.69 Å². The van der Waals surface area contributed by atoms with Crippen molar-refractivity contribution in [2.24, 2.45) is 5.92 Å². The fourth-order valence-electron chi connectivity index (χ4n) is 4.76. The number of nitrogens with zero attached hydrogens (tertiary/aromatic N) is 3. The predicted octanol–water partition coefficient (Wildman–Crippen LogP) is 2.28. The lowest BCUT2D eigenvalue weighted by Crippen LogP contribution is -2.55. The average Bonchev–Trinajstić information content (AvgIpc) is 2.96. The molecular formula is C21H30N4O3. The maximum Gasteiger partial charge on any atom is 0.326 e. The van der Waals surface area contributed by atoms with Gasteiger partial charge in [-0.15, -0.1) is 0 Å². The first-order valence-corrected chi connectivity index (χ1v) is 10.3. The van der Waals surface area contributed by atoms with Crippen molar-refractivity contribution in [1.29, 1.82) is 0 Å². The van der Waals surface area contributed by atoms with Crippen molar-refractivity contribution in [1.82, 2.24) is 15.1 Å². The van der Waals surface area contributed by atoms with Crippen LogP contribution in [0.1, 0.15) is 32.6 Å². The number of carbonyl (C=O) groups is 2. The van der Waals surface area contributed by atoms with Crippen LogP contribution in [0.15, 0.2) is 24.3 Å². The third-order valence-corrected chi connectivity index (χ3v) is 6.65. The normalized spacial score (nSPS) is 28.7. The minimum Gasteiger partial charge on any atom is -0.497 e. The van der Waals surface area contributed by atoms with Crippen LogP contribution in [-0.4, -0.2) is 67.2 Å². The lowest BCUT2D eigenvalue weighted by atomic mass is 9.73. The molecule has 7 heteroatoms. The molecule has 2 aliphatic heterocycles. The van der Waals surface area contributed by atoms with Gasteiger partial charge >= 0.3 is 6.03 Å². The number of urea groups is 1. The molecule has 2 atom stereocenters. The van der Waals surface area contributed by atoms with E-state index in [-0.39, 0.29) is 17.9 Å². The van der Waals surface area contributed by atoms with Crippen molar-refractivity contribution in [3.63, 3.8) is 0 Å². The van der Waals surface area contributed by atoms with Gasteiger partial charge in [-0.1, -0.05) is 19.8 Å². The highest BCUT2D eigenvalue weighted by Gasteiger charge is 2.55. The molecule has 4 rings (SSSR count). The van der Waals surface area contributed by atoms with Gasteiger partial charge in [-0.3, -0.25) is 9.69 Å². The van der Waals surface area contributed by atoms with E-state index in [1.807, 2.05) is 12.1 Å². The van der Waals surface area contributed by atoms with E-state index >= 15 is 0 Å². The fraction of sp³-hybridized carbons (Fsp3) is 0.619. The molecule has 0 radical (unpaired) electrons. The van der Waals surface area contributed by atoms with Crippen molar-refractivity contribution >= 4 is 17.6 Å². The van der Waals surface area contributed by atoms with Crippen LogP contribution in [0, 0.1) is 5.92 Å². The molecule has 152 valence electrons. The molecular weight excluding hydrogens is 356 g/mol. The number of benzene rings is 1. The summed E-state index contributed by atoms with van der Waals surface area (Å²) >= 11 is 0. The molecule has 3 aliphatic rings. The molecule has 7 nitrogen and oxygen atoms in total. The smallest absolute Gasteiger partial charge is 0.326 e. The fourth-order valence-corrected chi connectivity index (χ4v) is 4.76. The van der Waals surface area contributed by atoms with Crippen LogP contribution in [0.25, 0.3) is 0 Å². The Morgan fingerprint density at radius 2 is 1.82 bits per heavy atom. The Morgan fingerprint density at radius 1 is 1.11 bits per heavy atom. The van der Waals surface area contributed by atoms with E-state index in [9.17, 15) is 9.59 Å². The van der Waals surface area contributed by atoms with Crippen molar-refractivity contribution in [2.75, 3.05) is 44.9 Å². The SMILES string of the molecule is COc1ccc(N2CCN(CN3C(=O)N[C@]4(CCCC[C@H]4C)C3=O)CC2)cc1. The molecule has 3 amide bonds. The average molecular weight is 386 g/mol. The molecule has 1 aromatic rings. The van der Waals surface area contributed by atoms with Crippen molar-refractivity contribution < 1.29 is 14.3 Å². The van der Waals surface area contributed by atoms with Gasteiger partial charge in [0.15, 0.2) is 0 Å². The molecule has 2 saturated heterocycles. The summed E-state index contributed by atoms with van der Waals surface area (Å²) in [7, 11) is 1.67. The van der Waals surface area contributed by atoms with E-state index in [1.54, 1.807) is 7.11 Å². The highest BCUT2D eigenvalue weighted by Crippen LogP contribution is 2.38. The molecule has 3 fully saturated rings.